The third kappa shape index (κ3) is 4.79. The Hall–Kier alpha value is -0.570. The van der Waals surface area contributed by atoms with Crippen LogP contribution in [0.1, 0.15) is 20.3 Å². The Morgan fingerprint density at radius 2 is 2.27 bits per heavy atom. The second-order valence-electron chi connectivity index (χ2n) is 2.55. The van der Waals surface area contributed by atoms with E-state index in [1.807, 2.05) is 20.9 Å². The average molecular weight is 159 g/mol. The molecule has 66 valence electrons. The topological polar surface area (TPSA) is 38.3 Å². The summed E-state index contributed by atoms with van der Waals surface area (Å²) >= 11 is 0. The maximum Gasteiger partial charge on any atom is 0.308 e. The molecule has 0 aromatic rings. The number of carbonyl (C=O) groups excluding carboxylic acids is 1. The van der Waals surface area contributed by atoms with Gasteiger partial charge in [0.2, 0.25) is 0 Å². The minimum Gasteiger partial charge on any atom is -0.466 e. The van der Waals surface area contributed by atoms with Crippen LogP contribution in [0.4, 0.5) is 0 Å². The lowest BCUT2D eigenvalue weighted by Gasteiger charge is -2.08. The first-order valence-corrected chi connectivity index (χ1v) is 4.03. The van der Waals surface area contributed by atoms with Gasteiger partial charge < -0.3 is 10.1 Å². The second kappa shape index (κ2) is 6.16. The van der Waals surface area contributed by atoms with Crippen molar-refractivity contribution in [1.29, 1.82) is 0 Å². The summed E-state index contributed by atoms with van der Waals surface area (Å²) < 4.78 is 4.83. The Balaban J connectivity index is 3.46. The molecule has 3 heteroatoms. The van der Waals surface area contributed by atoms with Crippen molar-refractivity contribution in [3.8, 4) is 0 Å². The Morgan fingerprint density at radius 3 is 2.73 bits per heavy atom. The van der Waals surface area contributed by atoms with Crippen LogP contribution in [-0.4, -0.2) is 26.2 Å². The van der Waals surface area contributed by atoms with Gasteiger partial charge in [-0.25, -0.2) is 0 Å². The van der Waals surface area contributed by atoms with Gasteiger partial charge >= 0.3 is 5.97 Å². The molecule has 0 unspecified atom stereocenters. The summed E-state index contributed by atoms with van der Waals surface area (Å²) in [6.07, 6.45) is 0.843. The van der Waals surface area contributed by atoms with E-state index in [1.54, 1.807) is 0 Å². The van der Waals surface area contributed by atoms with Crippen LogP contribution in [-0.2, 0) is 9.53 Å². The average Bonchev–Trinajstić information content (AvgIpc) is 2.00. The normalized spacial score (nSPS) is 12.6. The maximum atomic E-state index is 11.0. The Morgan fingerprint density at radius 1 is 1.64 bits per heavy atom. The summed E-state index contributed by atoms with van der Waals surface area (Å²) in [5.41, 5.74) is 0. The highest BCUT2D eigenvalue weighted by molar-refractivity contribution is 5.71. The summed E-state index contributed by atoms with van der Waals surface area (Å²) in [6, 6.07) is 0. The molecule has 0 heterocycles. The van der Waals surface area contributed by atoms with Crippen molar-refractivity contribution in [3.63, 3.8) is 0 Å². The van der Waals surface area contributed by atoms with Crippen LogP contribution in [0.5, 0.6) is 0 Å². The second-order valence-corrected chi connectivity index (χ2v) is 2.55. The summed E-state index contributed by atoms with van der Waals surface area (Å²) in [4.78, 5) is 11.0. The third-order valence-electron chi connectivity index (χ3n) is 1.52. The van der Waals surface area contributed by atoms with Crippen LogP contribution in [0.3, 0.4) is 0 Å². The van der Waals surface area contributed by atoms with Crippen LogP contribution < -0.4 is 5.32 Å². The molecule has 0 saturated heterocycles. The molecule has 0 saturated carbocycles. The molecule has 3 nitrogen and oxygen atoms in total. The van der Waals surface area contributed by atoms with Crippen molar-refractivity contribution in [3.05, 3.63) is 0 Å². The minimum absolute atomic E-state index is 0.0161. The highest BCUT2D eigenvalue weighted by atomic mass is 16.5. The molecular formula is C8H17NO2. The van der Waals surface area contributed by atoms with Crippen molar-refractivity contribution >= 4 is 5.97 Å². The summed E-state index contributed by atoms with van der Waals surface area (Å²) in [6.45, 7) is 5.04. The van der Waals surface area contributed by atoms with Gasteiger partial charge in [0.1, 0.15) is 0 Å². The Bertz CT molecular complexity index is 115. The van der Waals surface area contributed by atoms with Crippen LogP contribution in [0.2, 0.25) is 0 Å². The molecule has 0 aromatic carbocycles. The van der Waals surface area contributed by atoms with Crippen molar-refractivity contribution in [2.24, 2.45) is 5.92 Å². The van der Waals surface area contributed by atoms with Crippen LogP contribution >= 0.6 is 0 Å². The van der Waals surface area contributed by atoms with Crippen LogP contribution in [0.15, 0.2) is 0 Å². The predicted octanol–water partition coefficient (Wildman–Crippen LogP) is 0.795. The first kappa shape index (κ1) is 10.4. The fraction of sp³-hybridized carbons (Fsp3) is 0.875. The highest BCUT2D eigenvalue weighted by Gasteiger charge is 2.11. The van der Waals surface area contributed by atoms with E-state index in [2.05, 4.69) is 5.32 Å². The number of esters is 1. The molecule has 1 atom stereocenters. The molecule has 0 aliphatic heterocycles. The van der Waals surface area contributed by atoms with Gasteiger partial charge in [0.25, 0.3) is 0 Å². The molecular weight excluding hydrogens is 142 g/mol. The van der Waals surface area contributed by atoms with E-state index in [0.29, 0.717) is 6.61 Å². The summed E-state index contributed by atoms with van der Waals surface area (Å²) in [5.74, 6) is -0.0786. The third-order valence-corrected chi connectivity index (χ3v) is 1.52. The van der Waals surface area contributed by atoms with Gasteiger partial charge in [0, 0.05) is 0 Å². The first-order chi connectivity index (χ1) is 5.22. The van der Waals surface area contributed by atoms with Crippen LogP contribution in [0.25, 0.3) is 0 Å². The minimum atomic E-state index is -0.0947. The molecule has 0 amide bonds. The van der Waals surface area contributed by atoms with Gasteiger partial charge in [0.15, 0.2) is 0 Å². The fourth-order valence-corrected chi connectivity index (χ4v) is 0.763. The molecule has 11 heavy (non-hydrogen) atoms. The molecule has 0 rings (SSSR count). The molecule has 0 radical (unpaired) electrons. The molecule has 1 N–H and O–H groups in total. The van der Waals surface area contributed by atoms with Crippen molar-refractivity contribution < 1.29 is 9.53 Å². The molecule has 0 aromatic heterocycles. The molecule has 0 fully saturated rings. The number of hydrogen-bond acceptors (Lipinski definition) is 3. The van der Waals surface area contributed by atoms with Gasteiger partial charge in [0.05, 0.1) is 12.5 Å². The van der Waals surface area contributed by atoms with Crippen molar-refractivity contribution in [2.75, 3.05) is 20.2 Å². The first-order valence-electron chi connectivity index (χ1n) is 4.03. The van der Waals surface area contributed by atoms with Crippen LogP contribution in [0, 0.1) is 5.92 Å². The van der Waals surface area contributed by atoms with Gasteiger partial charge in [-0.1, -0.05) is 6.92 Å². The predicted molar refractivity (Wildman–Crippen MR) is 44.3 cm³/mol. The number of nitrogens with one attached hydrogen (secondary N) is 1. The maximum absolute atomic E-state index is 11.0. The van der Waals surface area contributed by atoms with E-state index in [1.165, 1.54) is 0 Å². The number of ether oxygens (including phenoxy) is 1. The number of carbonyl (C=O) groups is 1. The lowest BCUT2D eigenvalue weighted by Crippen LogP contribution is -2.19. The Labute approximate surface area is 68.1 Å². The fourth-order valence-electron chi connectivity index (χ4n) is 0.763. The van der Waals surface area contributed by atoms with E-state index in [9.17, 15) is 4.79 Å². The zero-order valence-corrected chi connectivity index (χ0v) is 7.52. The van der Waals surface area contributed by atoms with Gasteiger partial charge in [-0.3, -0.25) is 4.79 Å². The standard InChI is InChI=1S/C8H17NO2/c1-4-11-8(10)7(2)5-6-9-3/h7,9H,4-6H2,1-3H3/t7-/m1/s1. The van der Waals surface area contributed by atoms with E-state index >= 15 is 0 Å². The van der Waals surface area contributed by atoms with E-state index in [0.717, 1.165) is 13.0 Å². The number of hydrogen-bond donors (Lipinski definition) is 1. The molecule has 0 aliphatic carbocycles. The van der Waals surface area contributed by atoms with Gasteiger partial charge in [-0.2, -0.15) is 0 Å². The van der Waals surface area contributed by atoms with Crippen molar-refractivity contribution in [2.45, 2.75) is 20.3 Å². The van der Waals surface area contributed by atoms with Crippen molar-refractivity contribution in [1.82, 2.24) is 5.32 Å². The lowest BCUT2D eigenvalue weighted by atomic mass is 10.1. The zero-order valence-electron chi connectivity index (χ0n) is 7.52. The van der Waals surface area contributed by atoms with E-state index in [4.69, 9.17) is 4.74 Å². The van der Waals surface area contributed by atoms with Gasteiger partial charge in [-0.15, -0.1) is 0 Å². The molecule has 0 aliphatic rings. The monoisotopic (exact) mass is 159 g/mol. The lowest BCUT2D eigenvalue weighted by molar-refractivity contribution is -0.147. The smallest absolute Gasteiger partial charge is 0.308 e. The van der Waals surface area contributed by atoms with Gasteiger partial charge in [-0.05, 0) is 26.9 Å². The molecule has 0 spiro atoms. The zero-order chi connectivity index (χ0) is 8.69. The molecule has 0 bridgehead atoms. The summed E-state index contributed by atoms with van der Waals surface area (Å²) in [7, 11) is 1.87. The largest absolute Gasteiger partial charge is 0.466 e. The Kier molecular flexibility index (Phi) is 5.84. The van der Waals surface area contributed by atoms with E-state index < -0.39 is 0 Å². The van der Waals surface area contributed by atoms with E-state index in [-0.39, 0.29) is 11.9 Å². The highest BCUT2D eigenvalue weighted by Crippen LogP contribution is 2.02. The summed E-state index contributed by atoms with van der Waals surface area (Å²) in [5, 5.41) is 2.99. The SMILES string of the molecule is CCOC(=O)[C@H](C)CCNC. The number of rotatable bonds is 5. The quantitative estimate of drug-likeness (QED) is 0.603.